The van der Waals surface area contributed by atoms with E-state index in [-0.39, 0.29) is 13.2 Å². The van der Waals surface area contributed by atoms with Gasteiger partial charge in [-0.15, -0.1) is 0 Å². The van der Waals surface area contributed by atoms with Gasteiger partial charge in [0.15, 0.2) is 0 Å². The number of ether oxygens (including phenoxy) is 2. The maximum atomic E-state index is 11.6. The SMILES string of the molecule is COCC(C)(O)CNC(=O)C(=O)NCCN1CCOCC1. The van der Waals surface area contributed by atoms with E-state index in [9.17, 15) is 14.7 Å². The number of morpholine rings is 1. The van der Waals surface area contributed by atoms with Crippen LogP contribution in [0.3, 0.4) is 0 Å². The number of nitrogens with one attached hydrogen (secondary N) is 2. The van der Waals surface area contributed by atoms with Crippen LogP contribution in [0.2, 0.25) is 0 Å². The van der Waals surface area contributed by atoms with Crippen molar-refractivity contribution in [3.63, 3.8) is 0 Å². The number of methoxy groups -OCH3 is 1. The molecular formula is C13H25N3O5. The lowest BCUT2D eigenvalue weighted by Gasteiger charge is -2.26. The molecule has 0 aliphatic carbocycles. The minimum Gasteiger partial charge on any atom is -0.386 e. The maximum absolute atomic E-state index is 11.6. The van der Waals surface area contributed by atoms with Gasteiger partial charge in [-0.05, 0) is 6.92 Å². The van der Waals surface area contributed by atoms with Gasteiger partial charge in [-0.2, -0.15) is 0 Å². The van der Waals surface area contributed by atoms with Crippen molar-refractivity contribution in [3.05, 3.63) is 0 Å². The highest BCUT2D eigenvalue weighted by atomic mass is 16.5. The Hall–Kier alpha value is -1.22. The van der Waals surface area contributed by atoms with Gasteiger partial charge in [-0.25, -0.2) is 0 Å². The molecular weight excluding hydrogens is 278 g/mol. The summed E-state index contributed by atoms with van der Waals surface area (Å²) in [6, 6.07) is 0. The number of nitrogens with zero attached hydrogens (tertiary/aromatic N) is 1. The van der Waals surface area contributed by atoms with Crippen LogP contribution in [-0.2, 0) is 19.1 Å². The average molecular weight is 303 g/mol. The molecule has 1 unspecified atom stereocenters. The Labute approximate surface area is 124 Å². The molecule has 21 heavy (non-hydrogen) atoms. The average Bonchev–Trinajstić information content (AvgIpc) is 2.46. The molecule has 8 heteroatoms. The third kappa shape index (κ3) is 7.37. The normalized spacial score (nSPS) is 18.8. The first-order valence-electron chi connectivity index (χ1n) is 7.02. The van der Waals surface area contributed by atoms with E-state index in [1.54, 1.807) is 0 Å². The van der Waals surface area contributed by atoms with Crippen molar-refractivity contribution >= 4 is 11.8 Å². The first-order valence-corrected chi connectivity index (χ1v) is 7.02. The van der Waals surface area contributed by atoms with Crippen molar-refractivity contribution in [2.24, 2.45) is 0 Å². The van der Waals surface area contributed by atoms with E-state index in [2.05, 4.69) is 15.5 Å². The van der Waals surface area contributed by atoms with Crippen LogP contribution in [0.25, 0.3) is 0 Å². The molecule has 8 nitrogen and oxygen atoms in total. The molecule has 0 aromatic carbocycles. The molecule has 0 radical (unpaired) electrons. The fraction of sp³-hybridized carbons (Fsp3) is 0.846. The van der Waals surface area contributed by atoms with Crippen molar-refractivity contribution in [2.75, 3.05) is 59.7 Å². The van der Waals surface area contributed by atoms with Gasteiger partial charge in [0, 0.05) is 39.8 Å². The number of aliphatic hydroxyl groups is 1. The molecule has 1 aliphatic heterocycles. The summed E-state index contributed by atoms with van der Waals surface area (Å²) in [5, 5.41) is 14.7. The lowest BCUT2D eigenvalue weighted by molar-refractivity contribution is -0.140. The maximum Gasteiger partial charge on any atom is 0.309 e. The zero-order valence-corrected chi connectivity index (χ0v) is 12.7. The summed E-state index contributed by atoms with van der Waals surface area (Å²) in [6.45, 7) is 5.70. The second-order valence-electron chi connectivity index (χ2n) is 5.32. The van der Waals surface area contributed by atoms with Crippen molar-refractivity contribution < 1.29 is 24.2 Å². The van der Waals surface area contributed by atoms with E-state index in [1.165, 1.54) is 14.0 Å². The Balaban J connectivity index is 2.17. The molecule has 1 heterocycles. The van der Waals surface area contributed by atoms with Crippen LogP contribution in [-0.4, -0.2) is 87.1 Å². The second-order valence-corrected chi connectivity index (χ2v) is 5.32. The number of carbonyl (C=O) groups excluding carboxylic acids is 2. The van der Waals surface area contributed by atoms with Crippen LogP contribution in [0, 0.1) is 0 Å². The van der Waals surface area contributed by atoms with Crippen LogP contribution in [0.15, 0.2) is 0 Å². The Morgan fingerprint density at radius 1 is 1.29 bits per heavy atom. The summed E-state index contributed by atoms with van der Waals surface area (Å²) in [5.74, 6) is -1.45. The van der Waals surface area contributed by atoms with Crippen LogP contribution in [0.5, 0.6) is 0 Å². The fourth-order valence-corrected chi connectivity index (χ4v) is 1.95. The summed E-state index contributed by atoms with van der Waals surface area (Å²) >= 11 is 0. The summed E-state index contributed by atoms with van der Waals surface area (Å²) in [5.41, 5.74) is -1.20. The van der Waals surface area contributed by atoms with E-state index in [0.717, 1.165) is 13.1 Å². The molecule has 0 bridgehead atoms. The van der Waals surface area contributed by atoms with Crippen LogP contribution >= 0.6 is 0 Å². The Morgan fingerprint density at radius 2 is 1.90 bits per heavy atom. The highest BCUT2D eigenvalue weighted by Crippen LogP contribution is 2.00. The molecule has 1 saturated heterocycles. The van der Waals surface area contributed by atoms with E-state index in [1.807, 2.05) is 0 Å². The predicted molar refractivity (Wildman–Crippen MR) is 75.8 cm³/mol. The second kappa shape index (κ2) is 8.93. The standard InChI is InChI=1S/C13H25N3O5/c1-13(19,10-20-2)9-15-12(18)11(17)14-3-4-16-5-7-21-8-6-16/h19H,3-10H2,1-2H3,(H,14,17)(H,15,18). The van der Waals surface area contributed by atoms with E-state index >= 15 is 0 Å². The summed E-state index contributed by atoms with van der Waals surface area (Å²) in [6.07, 6.45) is 0. The minimum atomic E-state index is -1.20. The summed E-state index contributed by atoms with van der Waals surface area (Å²) < 4.78 is 10.0. The van der Waals surface area contributed by atoms with Crippen molar-refractivity contribution in [1.29, 1.82) is 0 Å². The third-order valence-corrected chi connectivity index (χ3v) is 3.11. The third-order valence-electron chi connectivity index (χ3n) is 3.11. The summed E-state index contributed by atoms with van der Waals surface area (Å²) in [4.78, 5) is 25.3. The van der Waals surface area contributed by atoms with Gasteiger partial charge in [0.2, 0.25) is 0 Å². The molecule has 0 spiro atoms. The Kier molecular flexibility index (Phi) is 7.58. The van der Waals surface area contributed by atoms with E-state index in [4.69, 9.17) is 9.47 Å². The van der Waals surface area contributed by atoms with Crippen molar-refractivity contribution in [3.8, 4) is 0 Å². The van der Waals surface area contributed by atoms with Gasteiger partial charge in [0.05, 0.1) is 19.8 Å². The molecule has 0 saturated carbocycles. The fourth-order valence-electron chi connectivity index (χ4n) is 1.95. The van der Waals surface area contributed by atoms with Gasteiger partial charge >= 0.3 is 11.8 Å². The number of hydrogen-bond donors (Lipinski definition) is 3. The van der Waals surface area contributed by atoms with Gasteiger partial charge in [0.25, 0.3) is 0 Å². The number of carbonyl (C=O) groups is 2. The number of hydrogen-bond acceptors (Lipinski definition) is 6. The van der Waals surface area contributed by atoms with Crippen LogP contribution < -0.4 is 10.6 Å². The largest absolute Gasteiger partial charge is 0.386 e. The van der Waals surface area contributed by atoms with E-state index < -0.39 is 17.4 Å². The highest BCUT2D eigenvalue weighted by molar-refractivity contribution is 6.35. The lowest BCUT2D eigenvalue weighted by atomic mass is 10.1. The summed E-state index contributed by atoms with van der Waals surface area (Å²) in [7, 11) is 1.45. The molecule has 1 rings (SSSR count). The zero-order valence-electron chi connectivity index (χ0n) is 12.7. The first-order chi connectivity index (χ1) is 9.94. The van der Waals surface area contributed by atoms with E-state index in [0.29, 0.717) is 26.3 Å². The van der Waals surface area contributed by atoms with Crippen molar-refractivity contribution in [1.82, 2.24) is 15.5 Å². The predicted octanol–water partition coefficient (Wildman–Crippen LogP) is -2.05. The topological polar surface area (TPSA) is 100 Å². The van der Waals surface area contributed by atoms with Crippen LogP contribution in [0.1, 0.15) is 6.92 Å². The monoisotopic (exact) mass is 303 g/mol. The van der Waals surface area contributed by atoms with Crippen LogP contribution in [0.4, 0.5) is 0 Å². The van der Waals surface area contributed by atoms with Crippen molar-refractivity contribution in [2.45, 2.75) is 12.5 Å². The molecule has 0 aromatic rings. The number of amides is 2. The molecule has 1 fully saturated rings. The minimum absolute atomic E-state index is 0.0451. The van der Waals surface area contributed by atoms with Gasteiger partial charge < -0.3 is 25.2 Å². The van der Waals surface area contributed by atoms with Gasteiger partial charge in [-0.1, -0.05) is 0 Å². The Bertz CT molecular complexity index is 343. The zero-order chi connectivity index (χ0) is 15.7. The first kappa shape index (κ1) is 17.8. The highest BCUT2D eigenvalue weighted by Gasteiger charge is 2.23. The Morgan fingerprint density at radius 3 is 2.52 bits per heavy atom. The van der Waals surface area contributed by atoms with Gasteiger partial charge in [0.1, 0.15) is 5.60 Å². The lowest BCUT2D eigenvalue weighted by Crippen LogP contribution is -2.49. The molecule has 3 N–H and O–H groups in total. The molecule has 1 aliphatic rings. The molecule has 1 atom stereocenters. The smallest absolute Gasteiger partial charge is 0.309 e. The molecule has 122 valence electrons. The molecule has 2 amide bonds. The number of rotatable bonds is 7. The van der Waals surface area contributed by atoms with Gasteiger partial charge in [-0.3, -0.25) is 14.5 Å². The molecule has 0 aromatic heterocycles. The quantitative estimate of drug-likeness (QED) is 0.468.